The van der Waals surface area contributed by atoms with Gasteiger partial charge in [-0.15, -0.1) is 11.3 Å². The van der Waals surface area contributed by atoms with Crippen molar-refractivity contribution >= 4 is 63.4 Å². The first kappa shape index (κ1) is 30.8. The Kier molecular flexibility index (Phi) is 10.0. The van der Waals surface area contributed by atoms with Crippen LogP contribution in [0.4, 0.5) is 5.13 Å². The van der Waals surface area contributed by atoms with Gasteiger partial charge in [-0.1, -0.05) is 5.16 Å². The van der Waals surface area contributed by atoms with Crippen molar-refractivity contribution in [3.63, 3.8) is 0 Å². The number of nitrogens with one attached hydrogen (secondary N) is 2. The molecule has 15 nitrogen and oxygen atoms in total. The number of nitrogen functional groups attached to an aromatic ring is 2. The molecule has 0 aliphatic carbocycles. The first-order valence-corrected chi connectivity index (χ1v) is 13.0. The smallest absolute Gasteiger partial charge is 0.292 e. The van der Waals surface area contributed by atoms with Crippen molar-refractivity contribution in [2.24, 2.45) is 10.9 Å². The molecule has 2 heterocycles. The number of carbonyl (C=O) groups is 2. The Morgan fingerprint density at radius 2 is 1.97 bits per heavy atom. The molecule has 0 bridgehead atoms. The predicted octanol–water partition coefficient (Wildman–Crippen LogP) is -0.196. The lowest BCUT2D eigenvalue weighted by Crippen LogP contribution is -2.76. The van der Waals surface area contributed by atoms with Crippen LogP contribution in [0.15, 0.2) is 34.8 Å². The average Bonchev–Trinajstić information content (AvgIpc) is 3.24. The zero-order valence-electron chi connectivity index (χ0n) is 20.2. The van der Waals surface area contributed by atoms with E-state index in [0.717, 1.165) is 16.4 Å². The lowest BCUT2D eigenvalue weighted by atomic mass is 9.84. The number of nitrogens with two attached hydrogens (primary N) is 2. The quantitative estimate of drug-likeness (QED) is 0.0543. The molecule has 2 aromatic rings. The zero-order valence-corrected chi connectivity index (χ0v) is 22.8. The number of ether oxygens (including phenoxy) is 1. The van der Waals surface area contributed by atoms with E-state index in [2.05, 4.69) is 15.5 Å². The van der Waals surface area contributed by atoms with Gasteiger partial charge in [-0.05, 0) is 38.1 Å². The van der Waals surface area contributed by atoms with Crippen molar-refractivity contribution in [3.05, 3.63) is 40.9 Å². The topological polar surface area (TPSA) is 233 Å². The predicted molar refractivity (Wildman–Crippen MR) is 143 cm³/mol. The van der Waals surface area contributed by atoms with Gasteiger partial charge in [-0.2, -0.15) is 21.9 Å². The number of aromatic nitrogens is 1. The molecule has 1 fully saturated rings. The number of hydrogen-bond donors (Lipinski definition) is 5. The van der Waals surface area contributed by atoms with E-state index in [-0.39, 0.29) is 49.1 Å². The summed E-state index contributed by atoms with van der Waals surface area (Å²) in [4.78, 5) is 39.6. The molecule has 1 saturated heterocycles. The molecule has 1 aromatic heterocycles. The summed E-state index contributed by atoms with van der Waals surface area (Å²) in [5.41, 5.74) is 10.4. The van der Waals surface area contributed by atoms with Crippen molar-refractivity contribution in [2.75, 3.05) is 24.9 Å². The molecular weight excluding hydrogens is 562 g/mol. The van der Waals surface area contributed by atoms with Crippen molar-refractivity contribution in [1.29, 1.82) is 5.41 Å². The van der Waals surface area contributed by atoms with Crippen LogP contribution in [0.2, 0.25) is 0 Å². The molecule has 0 radical (unpaired) electrons. The second-order valence-electron chi connectivity index (χ2n) is 8.15. The number of benzene rings is 1. The van der Waals surface area contributed by atoms with Gasteiger partial charge in [0.2, 0.25) is 5.94 Å². The SMILES string of the molecule is CC1(C)[C@H](NC(=O)/C(=N\OCCOc2ccc(C(=N)N)cc2)c2csc(N)n2)C(=O)N1OCS(=O)(=O)O.S. The molecule has 18 heteroatoms. The number of amidine groups is 1. The molecule has 2 amide bonds. The summed E-state index contributed by atoms with van der Waals surface area (Å²) in [6, 6.07) is 5.44. The Morgan fingerprint density at radius 1 is 1.32 bits per heavy atom. The fraction of sp³-hybridized carbons (Fsp3) is 0.350. The van der Waals surface area contributed by atoms with Crippen LogP contribution in [-0.4, -0.2) is 77.1 Å². The number of β-lactam (4-membered cyclic amide) rings is 1. The van der Waals surface area contributed by atoms with Crippen LogP contribution in [-0.2, 0) is 29.4 Å². The van der Waals surface area contributed by atoms with E-state index in [1.54, 1.807) is 24.3 Å². The van der Waals surface area contributed by atoms with Crippen LogP contribution in [0.1, 0.15) is 25.1 Å². The summed E-state index contributed by atoms with van der Waals surface area (Å²) in [5, 5.41) is 16.2. The van der Waals surface area contributed by atoms with E-state index < -0.39 is 39.5 Å². The first-order valence-electron chi connectivity index (χ1n) is 10.5. The number of oxime groups is 1. The minimum absolute atomic E-state index is 0. The highest BCUT2D eigenvalue weighted by Gasteiger charge is 2.57. The minimum atomic E-state index is -4.48. The Hall–Kier alpha value is -3.45. The molecular formula is C20H27N7O8S3. The molecule has 0 saturated carbocycles. The lowest BCUT2D eigenvalue weighted by molar-refractivity contribution is -0.249. The van der Waals surface area contributed by atoms with Gasteiger partial charge in [0.05, 0.1) is 5.54 Å². The molecule has 7 N–H and O–H groups in total. The molecule has 0 unspecified atom stereocenters. The van der Waals surface area contributed by atoms with E-state index in [0.29, 0.717) is 11.3 Å². The Labute approximate surface area is 228 Å². The number of hydroxylamine groups is 2. The van der Waals surface area contributed by atoms with Crippen LogP contribution in [0.3, 0.4) is 0 Å². The summed E-state index contributed by atoms with van der Waals surface area (Å²) in [5.74, 6) is -2.21. The lowest BCUT2D eigenvalue weighted by Gasteiger charge is -2.51. The third-order valence-electron chi connectivity index (χ3n) is 5.03. The Morgan fingerprint density at radius 3 is 2.50 bits per heavy atom. The van der Waals surface area contributed by atoms with Gasteiger partial charge in [0.25, 0.3) is 21.9 Å². The molecule has 1 aliphatic heterocycles. The number of thiazole rings is 1. The molecule has 1 aromatic carbocycles. The second-order valence-corrected chi connectivity index (χ2v) is 10.4. The van der Waals surface area contributed by atoms with Gasteiger partial charge >= 0.3 is 0 Å². The van der Waals surface area contributed by atoms with Crippen molar-refractivity contribution < 1.29 is 37.0 Å². The van der Waals surface area contributed by atoms with E-state index in [1.165, 1.54) is 19.2 Å². The second kappa shape index (κ2) is 12.4. The van der Waals surface area contributed by atoms with E-state index >= 15 is 0 Å². The zero-order chi connectivity index (χ0) is 27.4. The van der Waals surface area contributed by atoms with Crippen LogP contribution in [0.25, 0.3) is 0 Å². The van der Waals surface area contributed by atoms with Gasteiger partial charge in [-0.25, -0.2) is 10.0 Å². The number of nitrogens with zero attached hydrogens (tertiary/aromatic N) is 3. The van der Waals surface area contributed by atoms with Crippen LogP contribution in [0.5, 0.6) is 5.75 Å². The third-order valence-corrected chi connectivity index (χ3v) is 6.10. The van der Waals surface area contributed by atoms with Crippen molar-refractivity contribution in [2.45, 2.75) is 25.4 Å². The van der Waals surface area contributed by atoms with Gasteiger partial charge in [-0.3, -0.25) is 24.4 Å². The number of anilines is 1. The molecule has 0 spiro atoms. The largest absolute Gasteiger partial charge is 0.490 e. The summed E-state index contributed by atoms with van der Waals surface area (Å²) in [6.07, 6.45) is 0. The monoisotopic (exact) mass is 589 g/mol. The summed E-state index contributed by atoms with van der Waals surface area (Å²) >= 11 is 1.07. The van der Waals surface area contributed by atoms with Crippen molar-refractivity contribution in [1.82, 2.24) is 15.4 Å². The number of carbonyl (C=O) groups excluding carboxylic acids is 2. The van der Waals surface area contributed by atoms with Gasteiger partial charge in [0, 0.05) is 10.9 Å². The number of rotatable bonds is 12. The molecule has 38 heavy (non-hydrogen) atoms. The standard InChI is InChI=1S/C20H25N7O8S2.H2S/c1-20(2)15(18(29)27(20)35-10-37(30,31)32)25-17(28)14(13-9-36-19(23)24-13)26-34-8-7-33-12-5-3-11(4-6-12)16(21)22;/h3-6,9,15H,7-8,10H2,1-2H3,(H3,21,22)(H2,23,24)(H,25,28)(H,30,31,32);1H2/b26-14-;/t15-;/m1./s1. The van der Waals surface area contributed by atoms with E-state index in [9.17, 15) is 18.0 Å². The first-order chi connectivity index (χ1) is 17.3. The van der Waals surface area contributed by atoms with Gasteiger partial charge < -0.3 is 26.4 Å². The highest BCUT2D eigenvalue weighted by molar-refractivity contribution is 7.85. The normalized spacial score (nSPS) is 16.7. The Balaban J connectivity index is 0.00000507. The number of amides is 2. The minimum Gasteiger partial charge on any atom is -0.490 e. The fourth-order valence-corrected chi connectivity index (χ4v) is 3.97. The van der Waals surface area contributed by atoms with Gasteiger partial charge in [0.15, 0.2) is 17.5 Å². The van der Waals surface area contributed by atoms with Crippen LogP contribution in [0, 0.1) is 5.41 Å². The van der Waals surface area contributed by atoms with Gasteiger partial charge in [0.1, 0.15) is 29.9 Å². The maximum atomic E-state index is 13.0. The molecule has 1 aliphatic rings. The Bertz CT molecular complexity index is 1310. The van der Waals surface area contributed by atoms with Crippen molar-refractivity contribution in [3.8, 4) is 5.75 Å². The van der Waals surface area contributed by atoms with E-state index in [1.807, 2.05) is 0 Å². The third kappa shape index (κ3) is 7.54. The number of hydrogen-bond acceptors (Lipinski definition) is 12. The van der Waals surface area contributed by atoms with E-state index in [4.69, 9.17) is 35.8 Å². The maximum absolute atomic E-state index is 13.0. The van der Waals surface area contributed by atoms with Crippen LogP contribution < -0.4 is 21.5 Å². The molecule has 1 atom stereocenters. The molecule has 3 rings (SSSR count). The summed E-state index contributed by atoms with van der Waals surface area (Å²) in [6.45, 7) is 3.08. The summed E-state index contributed by atoms with van der Waals surface area (Å²) in [7, 11) is -4.48. The fourth-order valence-electron chi connectivity index (χ4n) is 3.18. The van der Waals surface area contributed by atoms with Crippen LogP contribution >= 0.6 is 24.8 Å². The average molecular weight is 590 g/mol. The highest BCUT2D eigenvalue weighted by atomic mass is 32.2. The maximum Gasteiger partial charge on any atom is 0.292 e. The summed E-state index contributed by atoms with van der Waals surface area (Å²) < 4.78 is 36.2. The molecule has 208 valence electrons. The highest BCUT2D eigenvalue weighted by Crippen LogP contribution is 2.32.